The second-order valence-corrected chi connectivity index (χ2v) is 5.05. The van der Waals surface area contributed by atoms with E-state index in [-0.39, 0.29) is 16.7 Å². The summed E-state index contributed by atoms with van der Waals surface area (Å²) in [4.78, 5) is 25.5. The van der Waals surface area contributed by atoms with Gasteiger partial charge in [0.15, 0.2) is 0 Å². The molecule has 0 saturated heterocycles. The number of carbonyl (C=O) groups is 1. The smallest absolute Gasteiger partial charge is 0.276 e. The molecule has 1 aromatic heterocycles. The Morgan fingerprint density at radius 3 is 2.90 bits per heavy atom. The van der Waals surface area contributed by atoms with Crippen LogP contribution in [0.4, 0.5) is 11.5 Å². The molecule has 0 unspecified atom stereocenters. The number of halogens is 1. The number of pyridine rings is 1. The van der Waals surface area contributed by atoms with Gasteiger partial charge >= 0.3 is 0 Å². The predicted octanol–water partition coefficient (Wildman–Crippen LogP) is 2.11. The quantitative estimate of drug-likeness (QED) is 0.348. The van der Waals surface area contributed by atoms with E-state index >= 15 is 0 Å². The molecule has 0 aliphatic heterocycles. The van der Waals surface area contributed by atoms with Gasteiger partial charge in [-0.15, -0.1) is 0 Å². The molecule has 1 aliphatic carbocycles. The van der Waals surface area contributed by atoms with Gasteiger partial charge in [-0.25, -0.2) is 4.98 Å². The van der Waals surface area contributed by atoms with E-state index < -0.39 is 4.92 Å². The Bertz CT molecular complexity index is 519. The summed E-state index contributed by atoms with van der Waals surface area (Å²) in [5.74, 6) is 0.381. The molecule has 2 rings (SSSR count). The Balaban J connectivity index is 1.75. The zero-order valence-corrected chi connectivity index (χ0v) is 11.5. The van der Waals surface area contributed by atoms with Gasteiger partial charge in [0.25, 0.3) is 5.69 Å². The molecule has 0 atom stereocenters. The van der Waals surface area contributed by atoms with E-state index in [1.165, 1.54) is 12.1 Å². The molecule has 0 radical (unpaired) electrons. The standard InChI is InChI=1S/C12H15ClN4O3/c13-10-6-9(17(19)20)7-11(16-10)14-5-1-2-12(18)15-8-3-4-8/h6-8H,1-5H2,(H,14,16)(H,15,18). The number of carbonyl (C=O) groups excluding carboxylic acids is 1. The number of nitrogens with zero attached hydrogens (tertiary/aromatic N) is 2. The molecule has 0 spiro atoms. The van der Waals surface area contributed by atoms with Crippen molar-refractivity contribution < 1.29 is 9.72 Å². The van der Waals surface area contributed by atoms with Crippen molar-refractivity contribution in [3.63, 3.8) is 0 Å². The molecule has 8 heteroatoms. The van der Waals surface area contributed by atoms with Crippen molar-refractivity contribution in [3.05, 3.63) is 27.4 Å². The predicted molar refractivity (Wildman–Crippen MR) is 74.8 cm³/mol. The minimum absolute atomic E-state index is 0.0410. The Morgan fingerprint density at radius 2 is 2.25 bits per heavy atom. The highest BCUT2D eigenvalue weighted by molar-refractivity contribution is 6.29. The summed E-state index contributed by atoms with van der Waals surface area (Å²) in [5.41, 5.74) is -0.112. The Kier molecular flexibility index (Phi) is 4.73. The Hall–Kier alpha value is -1.89. The maximum atomic E-state index is 11.4. The third-order valence-corrected chi connectivity index (χ3v) is 3.01. The largest absolute Gasteiger partial charge is 0.370 e. The normalized spacial score (nSPS) is 13.8. The first-order chi connectivity index (χ1) is 9.54. The Morgan fingerprint density at radius 1 is 1.50 bits per heavy atom. The summed E-state index contributed by atoms with van der Waals surface area (Å²) in [6, 6.07) is 2.87. The van der Waals surface area contributed by atoms with Gasteiger partial charge < -0.3 is 10.6 Å². The topological polar surface area (TPSA) is 97.2 Å². The number of rotatable bonds is 7. The van der Waals surface area contributed by atoms with Crippen molar-refractivity contribution in [2.45, 2.75) is 31.7 Å². The first-order valence-corrected chi connectivity index (χ1v) is 6.77. The number of aromatic nitrogens is 1. The molecule has 1 amide bonds. The highest BCUT2D eigenvalue weighted by Gasteiger charge is 2.22. The molecule has 108 valence electrons. The van der Waals surface area contributed by atoms with Gasteiger partial charge in [-0.1, -0.05) is 11.6 Å². The molecular weight excluding hydrogens is 284 g/mol. The molecule has 0 bridgehead atoms. The third kappa shape index (κ3) is 4.65. The maximum Gasteiger partial charge on any atom is 0.276 e. The van der Waals surface area contributed by atoms with Crippen LogP contribution in [0.15, 0.2) is 12.1 Å². The molecule has 1 fully saturated rings. The van der Waals surface area contributed by atoms with Crippen LogP contribution in [0, 0.1) is 10.1 Å². The van der Waals surface area contributed by atoms with Crippen LogP contribution in [0.3, 0.4) is 0 Å². The van der Waals surface area contributed by atoms with E-state index in [4.69, 9.17) is 11.6 Å². The van der Waals surface area contributed by atoms with Gasteiger partial charge in [-0.2, -0.15) is 0 Å². The summed E-state index contributed by atoms with van der Waals surface area (Å²) < 4.78 is 0. The number of nitrogens with one attached hydrogen (secondary N) is 2. The number of anilines is 1. The monoisotopic (exact) mass is 298 g/mol. The second kappa shape index (κ2) is 6.51. The van der Waals surface area contributed by atoms with Crippen LogP contribution in [0.2, 0.25) is 5.15 Å². The summed E-state index contributed by atoms with van der Waals surface area (Å²) in [6.45, 7) is 0.503. The van der Waals surface area contributed by atoms with Gasteiger partial charge in [-0.05, 0) is 19.3 Å². The van der Waals surface area contributed by atoms with Crippen molar-refractivity contribution >= 4 is 29.0 Å². The summed E-state index contributed by atoms with van der Waals surface area (Å²) >= 11 is 5.70. The van der Waals surface area contributed by atoms with Crippen molar-refractivity contribution in [1.82, 2.24) is 10.3 Å². The van der Waals surface area contributed by atoms with Crippen molar-refractivity contribution in [1.29, 1.82) is 0 Å². The van der Waals surface area contributed by atoms with Crippen LogP contribution in [-0.4, -0.2) is 28.4 Å². The van der Waals surface area contributed by atoms with Crippen LogP contribution in [-0.2, 0) is 4.79 Å². The fourth-order valence-electron chi connectivity index (χ4n) is 1.67. The van der Waals surface area contributed by atoms with E-state index in [1.54, 1.807) is 0 Å². The van der Waals surface area contributed by atoms with Crippen LogP contribution >= 0.6 is 11.6 Å². The lowest BCUT2D eigenvalue weighted by molar-refractivity contribution is -0.384. The van der Waals surface area contributed by atoms with Gasteiger partial charge in [-0.3, -0.25) is 14.9 Å². The fourth-order valence-corrected chi connectivity index (χ4v) is 1.88. The first-order valence-electron chi connectivity index (χ1n) is 6.40. The average molecular weight is 299 g/mol. The van der Waals surface area contributed by atoms with Gasteiger partial charge in [0.2, 0.25) is 5.91 Å². The number of hydrogen-bond acceptors (Lipinski definition) is 5. The molecule has 1 aliphatic rings. The van der Waals surface area contributed by atoms with Crippen LogP contribution in [0.1, 0.15) is 25.7 Å². The molecule has 7 nitrogen and oxygen atoms in total. The zero-order valence-electron chi connectivity index (χ0n) is 10.8. The molecule has 1 heterocycles. The SMILES string of the molecule is O=C(CCCNc1cc([N+](=O)[O-])cc(Cl)n1)NC1CC1. The lowest BCUT2D eigenvalue weighted by atomic mass is 10.3. The molecule has 20 heavy (non-hydrogen) atoms. The summed E-state index contributed by atoms with van der Waals surface area (Å²) in [7, 11) is 0. The second-order valence-electron chi connectivity index (χ2n) is 4.66. The first kappa shape index (κ1) is 14.5. The Labute approximate surface area is 120 Å². The third-order valence-electron chi connectivity index (χ3n) is 2.82. The van der Waals surface area contributed by atoms with Crippen molar-refractivity contribution in [2.75, 3.05) is 11.9 Å². The fraction of sp³-hybridized carbons (Fsp3) is 0.500. The van der Waals surface area contributed by atoms with E-state index in [9.17, 15) is 14.9 Å². The average Bonchev–Trinajstić information content (AvgIpc) is 3.18. The number of amides is 1. The van der Waals surface area contributed by atoms with Crippen LogP contribution in [0.25, 0.3) is 0 Å². The number of nitro groups is 1. The minimum Gasteiger partial charge on any atom is -0.370 e. The van der Waals surface area contributed by atoms with Gasteiger partial charge in [0, 0.05) is 19.0 Å². The highest BCUT2D eigenvalue weighted by atomic mass is 35.5. The minimum atomic E-state index is -0.526. The highest BCUT2D eigenvalue weighted by Crippen LogP contribution is 2.20. The van der Waals surface area contributed by atoms with Crippen molar-refractivity contribution in [3.8, 4) is 0 Å². The molecule has 1 aromatic rings. The van der Waals surface area contributed by atoms with Gasteiger partial charge in [0.05, 0.1) is 17.1 Å². The molecule has 1 saturated carbocycles. The van der Waals surface area contributed by atoms with Crippen molar-refractivity contribution in [2.24, 2.45) is 0 Å². The number of hydrogen-bond donors (Lipinski definition) is 2. The van der Waals surface area contributed by atoms with E-state index in [0.717, 1.165) is 12.8 Å². The van der Waals surface area contributed by atoms with Gasteiger partial charge in [0.1, 0.15) is 11.0 Å². The lowest BCUT2D eigenvalue weighted by Crippen LogP contribution is -2.25. The van der Waals surface area contributed by atoms with Crippen LogP contribution < -0.4 is 10.6 Å². The summed E-state index contributed by atoms with van der Waals surface area (Å²) in [5, 5.41) is 16.6. The van der Waals surface area contributed by atoms with E-state index in [1.807, 2.05) is 0 Å². The summed E-state index contributed by atoms with van der Waals surface area (Å²) in [6.07, 6.45) is 3.19. The van der Waals surface area contributed by atoms with Crippen LogP contribution in [0.5, 0.6) is 0 Å². The van der Waals surface area contributed by atoms with E-state index in [2.05, 4.69) is 15.6 Å². The lowest BCUT2D eigenvalue weighted by Gasteiger charge is -2.06. The maximum absolute atomic E-state index is 11.4. The zero-order chi connectivity index (χ0) is 14.5. The van der Waals surface area contributed by atoms with E-state index in [0.29, 0.717) is 31.2 Å². The molecule has 2 N–H and O–H groups in total. The molecule has 0 aromatic carbocycles. The molecular formula is C12H15ClN4O3.